The molecule has 2 N–H and O–H groups in total. The van der Waals surface area contributed by atoms with Crippen LogP contribution in [0.3, 0.4) is 0 Å². The van der Waals surface area contributed by atoms with Gasteiger partial charge in [-0.05, 0) is 63.5 Å². The quantitative estimate of drug-likeness (QED) is 0.0849. The first-order valence-electron chi connectivity index (χ1n) is 17.2. The van der Waals surface area contributed by atoms with E-state index < -0.39 is 15.5 Å². The topological polar surface area (TPSA) is 127 Å². The molecule has 0 saturated heterocycles. The van der Waals surface area contributed by atoms with Crippen LogP contribution >= 0.6 is 0 Å². The predicted octanol–water partition coefficient (Wildman–Crippen LogP) is 5.73. The van der Waals surface area contributed by atoms with Crippen molar-refractivity contribution >= 4 is 44.9 Å². The summed E-state index contributed by atoms with van der Waals surface area (Å²) in [6.07, 6.45) is 15.7. The zero-order valence-corrected chi connectivity index (χ0v) is 30.3. The fraction of sp³-hybridized carbons (Fsp3) is 0.385. The van der Waals surface area contributed by atoms with Crippen LogP contribution in [0.2, 0.25) is 0 Å². The maximum Gasteiger partial charge on any atom is 0.294 e. The van der Waals surface area contributed by atoms with Crippen molar-refractivity contribution in [2.24, 2.45) is 0 Å². The number of allylic oxidation sites excluding steroid dienone is 6. The number of rotatable bonds is 14. The Labute approximate surface area is 295 Å². The number of benzene rings is 2. The molecule has 0 fully saturated rings. The van der Waals surface area contributed by atoms with Gasteiger partial charge in [0.15, 0.2) is 5.71 Å². The lowest BCUT2D eigenvalue weighted by atomic mass is 9.81. The molecule has 0 atom stereocenters. The molecule has 0 aromatic heterocycles. The molecule has 11 heteroatoms. The number of fused-ring (bicyclic) bond motifs is 2. The van der Waals surface area contributed by atoms with Gasteiger partial charge in [-0.15, -0.1) is 0 Å². The number of amides is 3. The molecule has 0 radical (unpaired) electrons. The minimum absolute atomic E-state index is 0.0866. The fourth-order valence-corrected chi connectivity index (χ4v) is 7.68. The summed E-state index contributed by atoms with van der Waals surface area (Å²) >= 11 is 0. The average molecular weight is 700 g/mol. The van der Waals surface area contributed by atoms with Crippen LogP contribution in [0.5, 0.6) is 0 Å². The zero-order valence-electron chi connectivity index (χ0n) is 29.5. The lowest BCUT2D eigenvalue weighted by Gasteiger charge is -2.25. The molecular weight excluding hydrogens is 653 g/mol. The number of anilines is 1. The molecule has 2 aromatic rings. The maximum absolute atomic E-state index is 12.4. The van der Waals surface area contributed by atoms with Crippen LogP contribution in [0.4, 0.5) is 11.4 Å². The van der Waals surface area contributed by atoms with Crippen LogP contribution in [-0.4, -0.2) is 72.1 Å². The number of hydrogen-bond acceptors (Lipinski definition) is 6. The Morgan fingerprint density at radius 3 is 2.32 bits per heavy atom. The van der Waals surface area contributed by atoms with E-state index >= 15 is 0 Å². The third-order valence-electron chi connectivity index (χ3n) is 9.85. The summed E-state index contributed by atoms with van der Waals surface area (Å²) in [6.45, 7) is 12.6. The van der Waals surface area contributed by atoms with Gasteiger partial charge >= 0.3 is 0 Å². The molecule has 3 amide bonds. The number of nitrogens with zero attached hydrogens (tertiary/aromatic N) is 3. The molecule has 10 nitrogen and oxygen atoms in total. The van der Waals surface area contributed by atoms with Crippen molar-refractivity contribution in [1.29, 1.82) is 0 Å². The molecule has 5 rings (SSSR count). The summed E-state index contributed by atoms with van der Waals surface area (Å²) < 4.78 is 35.7. The number of hydrogen-bond donors (Lipinski definition) is 2. The maximum atomic E-state index is 12.4. The second-order valence-corrected chi connectivity index (χ2v) is 15.2. The number of carbonyl (C=O) groups is 3. The van der Waals surface area contributed by atoms with Crippen molar-refractivity contribution in [1.82, 2.24) is 10.2 Å². The molecule has 2 aromatic carbocycles. The predicted molar refractivity (Wildman–Crippen MR) is 195 cm³/mol. The van der Waals surface area contributed by atoms with Gasteiger partial charge in [0.1, 0.15) is 6.54 Å². The zero-order chi connectivity index (χ0) is 36.3. The van der Waals surface area contributed by atoms with Gasteiger partial charge in [0.2, 0.25) is 11.6 Å². The molecule has 0 spiro atoms. The van der Waals surface area contributed by atoms with Gasteiger partial charge in [0.25, 0.3) is 21.9 Å². The molecule has 3 heterocycles. The second kappa shape index (κ2) is 14.7. The Morgan fingerprint density at radius 2 is 1.62 bits per heavy atom. The number of unbranched alkanes of at least 4 members (excludes halogenated alkanes) is 2. The number of nitrogens with one attached hydrogen (secondary N) is 1. The molecule has 0 aliphatic carbocycles. The van der Waals surface area contributed by atoms with Crippen LogP contribution in [-0.2, 0) is 35.3 Å². The Balaban J connectivity index is 1.23. The summed E-state index contributed by atoms with van der Waals surface area (Å²) in [5.41, 5.74) is 5.81. The van der Waals surface area contributed by atoms with Crippen molar-refractivity contribution in [3.8, 4) is 0 Å². The molecule has 0 saturated carbocycles. The highest BCUT2D eigenvalue weighted by Gasteiger charge is 2.44. The Bertz CT molecular complexity index is 1930. The SMILES string of the molecule is CCN1/C(=C/C=C/C=C/C2=[N+](CCCCCC(=O)NCCN3C(=O)C=CC3=O)c3ccccc3C2(C)C)C(C)(C)c2cc(S(=O)(=O)O)ccc21. The van der Waals surface area contributed by atoms with Crippen molar-refractivity contribution < 1.29 is 31.9 Å². The molecular formula is C39H47N4O6S+. The molecule has 0 bridgehead atoms. The third kappa shape index (κ3) is 7.44. The standard InChI is InChI=1S/C39H46N4O6S/c1-6-41-32-21-20-28(50(47,48)49)27-30(32)39(4,5)33(41)17-9-7-10-18-34-38(2,3)29-15-12-13-16-31(29)42(34)25-14-8-11-19-35(44)40-24-26-43-36(45)22-23-37(43)46/h7,9-10,12-13,15-18,20-23,27H,6,8,11,14,19,24-26H2,1-5H3,(H-,40,44,47,48,49)/p+1. The van der Waals surface area contributed by atoms with E-state index in [4.69, 9.17) is 0 Å². The highest BCUT2D eigenvalue weighted by molar-refractivity contribution is 7.85. The van der Waals surface area contributed by atoms with E-state index in [-0.39, 0.29) is 41.1 Å². The summed E-state index contributed by atoms with van der Waals surface area (Å²) in [7, 11) is -4.31. The summed E-state index contributed by atoms with van der Waals surface area (Å²) in [5.74, 6) is -0.783. The molecule has 0 unspecified atom stereocenters. The number of likely N-dealkylation sites (N-methyl/N-ethyl adjacent to an activating group) is 1. The van der Waals surface area contributed by atoms with Crippen LogP contribution in [0.25, 0.3) is 0 Å². The molecule has 3 aliphatic heterocycles. The largest absolute Gasteiger partial charge is 0.354 e. The lowest BCUT2D eigenvalue weighted by Crippen LogP contribution is -2.38. The normalized spacial score (nSPS) is 18.7. The third-order valence-corrected chi connectivity index (χ3v) is 10.7. The van der Waals surface area contributed by atoms with Crippen molar-refractivity contribution in [2.75, 3.05) is 31.1 Å². The van der Waals surface area contributed by atoms with Crippen LogP contribution in [0, 0.1) is 0 Å². The van der Waals surface area contributed by atoms with Crippen molar-refractivity contribution in [3.05, 3.63) is 102 Å². The van der Waals surface area contributed by atoms with E-state index in [0.29, 0.717) is 13.0 Å². The number of imide groups is 1. The van der Waals surface area contributed by atoms with Gasteiger partial charge in [-0.1, -0.05) is 50.3 Å². The highest BCUT2D eigenvalue weighted by Crippen LogP contribution is 2.48. The van der Waals surface area contributed by atoms with Gasteiger partial charge < -0.3 is 10.2 Å². The first-order valence-corrected chi connectivity index (χ1v) is 18.6. The molecule has 264 valence electrons. The van der Waals surface area contributed by atoms with E-state index in [9.17, 15) is 27.4 Å². The lowest BCUT2D eigenvalue weighted by molar-refractivity contribution is -0.438. The first-order chi connectivity index (χ1) is 23.7. The minimum Gasteiger partial charge on any atom is -0.354 e. The highest BCUT2D eigenvalue weighted by atomic mass is 32.2. The van der Waals surface area contributed by atoms with E-state index in [1.165, 1.54) is 35.2 Å². The smallest absolute Gasteiger partial charge is 0.294 e. The van der Waals surface area contributed by atoms with E-state index in [2.05, 4.69) is 91.9 Å². The van der Waals surface area contributed by atoms with Gasteiger partial charge in [0.05, 0.1) is 10.3 Å². The summed E-state index contributed by atoms with van der Waals surface area (Å²) in [4.78, 5) is 38.9. The fourth-order valence-electron chi connectivity index (χ4n) is 7.17. The van der Waals surface area contributed by atoms with Gasteiger partial charge in [-0.2, -0.15) is 13.0 Å². The van der Waals surface area contributed by atoms with Gasteiger partial charge in [-0.3, -0.25) is 23.8 Å². The van der Waals surface area contributed by atoms with Crippen molar-refractivity contribution in [3.63, 3.8) is 0 Å². The van der Waals surface area contributed by atoms with Crippen LogP contribution in [0.1, 0.15) is 71.4 Å². The first kappa shape index (κ1) is 36.7. The number of para-hydroxylation sites is 1. The van der Waals surface area contributed by atoms with Crippen LogP contribution in [0.15, 0.2) is 95.6 Å². The summed E-state index contributed by atoms with van der Waals surface area (Å²) in [5, 5.41) is 2.81. The second-order valence-electron chi connectivity index (χ2n) is 13.8. The Morgan fingerprint density at radius 1 is 0.900 bits per heavy atom. The molecule has 3 aliphatic rings. The van der Waals surface area contributed by atoms with Crippen molar-refractivity contribution in [2.45, 2.75) is 76.0 Å². The van der Waals surface area contributed by atoms with E-state index in [0.717, 1.165) is 47.7 Å². The minimum atomic E-state index is -4.31. The monoisotopic (exact) mass is 699 g/mol. The number of carbonyl (C=O) groups excluding carboxylic acids is 3. The van der Waals surface area contributed by atoms with E-state index in [1.807, 2.05) is 12.2 Å². The van der Waals surface area contributed by atoms with Crippen LogP contribution < -0.4 is 10.2 Å². The summed E-state index contributed by atoms with van der Waals surface area (Å²) in [6, 6.07) is 13.2. The Kier molecular flexibility index (Phi) is 10.8. The van der Waals surface area contributed by atoms with E-state index in [1.54, 1.807) is 12.1 Å². The average Bonchev–Trinajstić information content (AvgIpc) is 3.59. The molecule has 50 heavy (non-hydrogen) atoms. The van der Waals surface area contributed by atoms with Gasteiger partial charge in [-0.25, -0.2) is 0 Å². The Hall–Kier alpha value is -4.61. The van der Waals surface area contributed by atoms with Gasteiger partial charge in [0, 0.05) is 79.1 Å².